The number of carboxylic acid groups (broad SMARTS) is 1. The van der Waals surface area contributed by atoms with Crippen molar-refractivity contribution in [3.05, 3.63) is 29.8 Å². The van der Waals surface area contributed by atoms with Gasteiger partial charge in [-0.1, -0.05) is 19.8 Å². The Hall–Kier alpha value is -2.41. The van der Waals surface area contributed by atoms with Gasteiger partial charge in [-0.3, -0.25) is 14.4 Å². The predicted octanol–water partition coefficient (Wildman–Crippen LogP) is 2.57. The largest absolute Gasteiger partial charge is 0.480 e. The van der Waals surface area contributed by atoms with Crippen LogP contribution in [0.4, 0.5) is 5.69 Å². The number of hydrogen-bond donors (Lipinski definition) is 3. The summed E-state index contributed by atoms with van der Waals surface area (Å²) < 4.78 is 5.89. The highest BCUT2D eigenvalue weighted by atomic mass is 16.5. The van der Waals surface area contributed by atoms with E-state index < -0.39 is 24.0 Å². The summed E-state index contributed by atoms with van der Waals surface area (Å²) >= 11 is 0. The van der Waals surface area contributed by atoms with Crippen molar-refractivity contribution >= 4 is 23.5 Å². The van der Waals surface area contributed by atoms with E-state index in [0.29, 0.717) is 17.7 Å². The molecule has 0 bridgehead atoms. The van der Waals surface area contributed by atoms with Crippen LogP contribution in [-0.4, -0.2) is 41.1 Å². The molecule has 1 aromatic carbocycles. The standard InChI is InChI=1S/C19H26N2O5/c1-3-16(26-15-6-4-5-7-15)18(23)21-14-10-8-13(9-11-14)17(22)20-12(2)19(24)25/h8-12,15-16H,3-7H2,1-2H3,(H,20,22)(H,21,23)(H,24,25). The average Bonchev–Trinajstić information content (AvgIpc) is 3.13. The van der Waals surface area contributed by atoms with Crippen molar-refractivity contribution in [3.63, 3.8) is 0 Å². The highest BCUT2D eigenvalue weighted by Crippen LogP contribution is 2.23. The summed E-state index contributed by atoms with van der Waals surface area (Å²) in [7, 11) is 0. The van der Waals surface area contributed by atoms with Crippen LogP contribution in [0, 0.1) is 0 Å². The second-order valence-corrected chi connectivity index (χ2v) is 6.54. The minimum atomic E-state index is -1.10. The Balaban J connectivity index is 1.91. The maximum atomic E-state index is 12.4. The number of carbonyl (C=O) groups excluding carboxylic acids is 2. The highest BCUT2D eigenvalue weighted by Gasteiger charge is 2.24. The number of ether oxygens (including phenoxy) is 1. The zero-order chi connectivity index (χ0) is 19.1. The van der Waals surface area contributed by atoms with E-state index in [0.717, 1.165) is 25.7 Å². The fraction of sp³-hybridized carbons (Fsp3) is 0.526. The molecule has 1 aliphatic rings. The number of hydrogen-bond acceptors (Lipinski definition) is 4. The van der Waals surface area contributed by atoms with E-state index in [1.165, 1.54) is 19.1 Å². The molecular weight excluding hydrogens is 336 g/mol. The number of carboxylic acids is 1. The van der Waals surface area contributed by atoms with Crippen LogP contribution in [0.3, 0.4) is 0 Å². The smallest absolute Gasteiger partial charge is 0.325 e. The Labute approximate surface area is 153 Å². The maximum Gasteiger partial charge on any atom is 0.325 e. The van der Waals surface area contributed by atoms with Gasteiger partial charge in [0.05, 0.1) is 6.10 Å². The lowest BCUT2D eigenvalue weighted by Crippen LogP contribution is -2.38. The fourth-order valence-electron chi connectivity index (χ4n) is 2.87. The van der Waals surface area contributed by atoms with Crippen LogP contribution in [0.1, 0.15) is 56.3 Å². The Kier molecular flexibility index (Phi) is 7.15. The van der Waals surface area contributed by atoms with Gasteiger partial charge in [-0.2, -0.15) is 0 Å². The molecule has 7 nitrogen and oxygen atoms in total. The third kappa shape index (κ3) is 5.56. The molecule has 2 unspecified atom stereocenters. The quantitative estimate of drug-likeness (QED) is 0.659. The second kappa shape index (κ2) is 9.33. The van der Waals surface area contributed by atoms with Crippen LogP contribution in [0.2, 0.25) is 0 Å². The van der Waals surface area contributed by atoms with E-state index in [9.17, 15) is 14.4 Å². The SMILES string of the molecule is CCC(OC1CCCC1)C(=O)Nc1ccc(C(=O)NC(C)C(=O)O)cc1. The third-order valence-corrected chi connectivity index (χ3v) is 4.45. The lowest BCUT2D eigenvalue weighted by Gasteiger charge is -2.20. The molecule has 0 aromatic heterocycles. The summed E-state index contributed by atoms with van der Waals surface area (Å²) in [4.78, 5) is 35.1. The predicted molar refractivity (Wildman–Crippen MR) is 97.1 cm³/mol. The van der Waals surface area contributed by atoms with E-state index in [1.807, 2.05) is 6.92 Å². The highest BCUT2D eigenvalue weighted by molar-refractivity contribution is 5.98. The zero-order valence-electron chi connectivity index (χ0n) is 15.2. The first-order valence-electron chi connectivity index (χ1n) is 9.00. The van der Waals surface area contributed by atoms with E-state index in [1.54, 1.807) is 12.1 Å². The first kappa shape index (κ1) is 19.9. The first-order valence-corrected chi connectivity index (χ1v) is 9.00. The van der Waals surface area contributed by atoms with Gasteiger partial charge < -0.3 is 20.5 Å². The van der Waals surface area contributed by atoms with Crippen molar-refractivity contribution in [1.29, 1.82) is 0 Å². The number of carbonyl (C=O) groups is 3. The normalized spacial score (nSPS) is 16.7. The summed E-state index contributed by atoms with van der Waals surface area (Å²) in [6.07, 6.45) is 4.56. The number of aliphatic carboxylic acids is 1. The monoisotopic (exact) mass is 362 g/mol. The van der Waals surface area contributed by atoms with E-state index in [2.05, 4.69) is 10.6 Å². The van der Waals surface area contributed by atoms with Crippen molar-refractivity contribution in [2.45, 2.75) is 64.2 Å². The zero-order valence-corrected chi connectivity index (χ0v) is 15.2. The molecule has 1 saturated carbocycles. The molecule has 2 rings (SSSR count). The molecule has 0 heterocycles. The number of benzene rings is 1. The molecule has 1 aromatic rings. The van der Waals surface area contributed by atoms with Crippen LogP contribution in [0.25, 0.3) is 0 Å². The van der Waals surface area contributed by atoms with Gasteiger partial charge in [0.1, 0.15) is 12.1 Å². The van der Waals surface area contributed by atoms with Crippen LogP contribution in [0.15, 0.2) is 24.3 Å². The molecule has 7 heteroatoms. The van der Waals surface area contributed by atoms with Gasteiger partial charge in [-0.05, 0) is 50.5 Å². The third-order valence-electron chi connectivity index (χ3n) is 4.45. The van der Waals surface area contributed by atoms with Gasteiger partial charge in [-0.25, -0.2) is 0 Å². The minimum Gasteiger partial charge on any atom is -0.480 e. The van der Waals surface area contributed by atoms with Gasteiger partial charge in [0.2, 0.25) is 0 Å². The summed E-state index contributed by atoms with van der Waals surface area (Å²) in [5.41, 5.74) is 0.886. The molecule has 1 fully saturated rings. The Bertz CT molecular complexity index is 638. The number of rotatable bonds is 8. The molecule has 0 radical (unpaired) electrons. The van der Waals surface area contributed by atoms with Crippen LogP contribution >= 0.6 is 0 Å². The fourth-order valence-corrected chi connectivity index (χ4v) is 2.87. The van der Waals surface area contributed by atoms with Crippen LogP contribution < -0.4 is 10.6 Å². The van der Waals surface area contributed by atoms with Crippen molar-refractivity contribution in [3.8, 4) is 0 Å². The average molecular weight is 362 g/mol. The Morgan fingerprint density at radius 2 is 1.81 bits per heavy atom. The van der Waals surface area contributed by atoms with Gasteiger partial charge in [0, 0.05) is 11.3 Å². The Morgan fingerprint density at radius 3 is 2.35 bits per heavy atom. The van der Waals surface area contributed by atoms with Crippen molar-refractivity contribution < 1.29 is 24.2 Å². The lowest BCUT2D eigenvalue weighted by molar-refractivity contribution is -0.138. The molecule has 2 amide bonds. The van der Waals surface area contributed by atoms with E-state index >= 15 is 0 Å². The van der Waals surface area contributed by atoms with Gasteiger partial charge >= 0.3 is 5.97 Å². The van der Waals surface area contributed by atoms with Crippen molar-refractivity contribution in [2.24, 2.45) is 0 Å². The molecule has 0 aliphatic heterocycles. The molecule has 0 saturated heterocycles. The molecule has 26 heavy (non-hydrogen) atoms. The number of anilines is 1. The van der Waals surface area contributed by atoms with Crippen molar-refractivity contribution in [1.82, 2.24) is 5.32 Å². The summed E-state index contributed by atoms with van der Waals surface area (Å²) in [5.74, 6) is -1.78. The summed E-state index contributed by atoms with van der Waals surface area (Å²) in [5, 5.41) is 14.0. The second-order valence-electron chi connectivity index (χ2n) is 6.54. The van der Waals surface area contributed by atoms with Gasteiger partial charge in [0.15, 0.2) is 0 Å². The van der Waals surface area contributed by atoms with E-state index in [4.69, 9.17) is 9.84 Å². The molecule has 2 atom stereocenters. The van der Waals surface area contributed by atoms with Crippen LogP contribution in [0.5, 0.6) is 0 Å². The summed E-state index contributed by atoms with van der Waals surface area (Å²) in [6, 6.07) is 5.33. The topological polar surface area (TPSA) is 105 Å². The Morgan fingerprint density at radius 1 is 1.19 bits per heavy atom. The molecule has 142 valence electrons. The molecule has 1 aliphatic carbocycles. The van der Waals surface area contributed by atoms with Crippen molar-refractivity contribution in [2.75, 3.05) is 5.32 Å². The number of amides is 2. The van der Waals surface area contributed by atoms with E-state index in [-0.39, 0.29) is 12.0 Å². The van der Waals surface area contributed by atoms with Gasteiger partial charge in [0.25, 0.3) is 11.8 Å². The van der Waals surface area contributed by atoms with Gasteiger partial charge in [-0.15, -0.1) is 0 Å². The summed E-state index contributed by atoms with van der Waals surface area (Å²) in [6.45, 7) is 3.31. The molecular formula is C19H26N2O5. The lowest BCUT2D eigenvalue weighted by atomic mass is 10.1. The molecule has 0 spiro atoms. The minimum absolute atomic E-state index is 0.160. The van der Waals surface area contributed by atoms with Crippen LogP contribution in [-0.2, 0) is 14.3 Å². The number of nitrogens with one attached hydrogen (secondary N) is 2. The first-order chi connectivity index (χ1) is 12.4. The maximum absolute atomic E-state index is 12.4. The molecule has 3 N–H and O–H groups in total.